The van der Waals surface area contributed by atoms with E-state index < -0.39 is 5.97 Å². The van der Waals surface area contributed by atoms with Crippen molar-refractivity contribution in [2.45, 2.75) is 32.7 Å². The third kappa shape index (κ3) is 3.02. The molecular formula is C23H22ClNO3. The van der Waals surface area contributed by atoms with Crippen LogP contribution in [0.15, 0.2) is 42.5 Å². The number of halogens is 1. The molecule has 3 aromatic rings. The Morgan fingerprint density at radius 1 is 1.18 bits per heavy atom. The Bertz CT molecular complexity index is 1080. The second kappa shape index (κ2) is 7.44. The van der Waals surface area contributed by atoms with E-state index in [2.05, 4.69) is 11.5 Å². The number of carbonyl (C=O) groups excluding carboxylic acids is 2. The fourth-order valence-electron chi connectivity index (χ4n) is 4.22. The molecule has 0 fully saturated rings. The Kier molecular flexibility index (Phi) is 4.98. The molecule has 1 unspecified atom stereocenters. The predicted molar refractivity (Wildman–Crippen MR) is 110 cm³/mol. The van der Waals surface area contributed by atoms with E-state index in [0.717, 1.165) is 29.6 Å². The summed E-state index contributed by atoms with van der Waals surface area (Å²) in [5.74, 6) is -0.00282. The van der Waals surface area contributed by atoms with Crippen molar-refractivity contribution in [1.29, 1.82) is 0 Å². The minimum Gasteiger partial charge on any atom is -0.465 e. The van der Waals surface area contributed by atoms with Crippen molar-refractivity contribution in [2.75, 3.05) is 7.11 Å². The van der Waals surface area contributed by atoms with Gasteiger partial charge in [0.2, 0.25) is 0 Å². The molecule has 1 atom stereocenters. The van der Waals surface area contributed by atoms with Crippen LogP contribution in [0.1, 0.15) is 51.7 Å². The number of benzene rings is 2. The minimum absolute atomic E-state index is 0.104. The smallest absolute Gasteiger partial charge is 0.338 e. The molecule has 0 N–H and O–H groups in total. The Balaban J connectivity index is 2.00. The molecule has 144 valence electrons. The Morgan fingerprint density at radius 2 is 1.96 bits per heavy atom. The Labute approximate surface area is 169 Å². The van der Waals surface area contributed by atoms with E-state index in [1.165, 1.54) is 7.11 Å². The first-order valence-corrected chi connectivity index (χ1v) is 9.91. The molecular weight excluding hydrogens is 374 g/mol. The van der Waals surface area contributed by atoms with Crippen LogP contribution in [-0.2, 0) is 17.7 Å². The second-order valence-corrected chi connectivity index (χ2v) is 7.70. The summed E-state index contributed by atoms with van der Waals surface area (Å²) < 4.78 is 7.13. The molecule has 0 aliphatic heterocycles. The Hall–Kier alpha value is -2.59. The normalized spacial score (nSPS) is 16.2. The van der Waals surface area contributed by atoms with E-state index in [4.69, 9.17) is 16.3 Å². The van der Waals surface area contributed by atoms with E-state index in [1.807, 2.05) is 36.4 Å². The zero-order valence-electron chi connectivity index (χ0n) is 16.0. The van der Waals surface area contributed by atoms with Crippen molar-refractivity contribution >= 4 is 34.3 Å². The van der Waals surface area contributed by atoms with Gasteiger partial charge in [-0.3, -0.25) is 4.79 Å². The first-order chi connectivity index (χ1) is 13.5. The number of carbonyl (C=O) groups is 2. The van der Waals surface area contributed by atoms with Gasteiger partial charge in [-0.1, -0.05) is 49.2 Å². The zero-order chi connectivity index (χ0) is 19.8. The maximum Gasteiger partial charge on any atom is 0.338 e. The highest BCUT2D eigenvalue weighted by molar-refractivity contribution is 6.31. The van der Waals surface area contributed by atoms with Gasteiger partial charge < -0.3 is 9.30 Å². The van der Waals surface area contributed by atoms with Crippen molar-refractivity contribution in [3.05, 3.63) is 69.9 Å². The van der Waals surface area contributed by atoms with Crippen molar-refractivity contribution in [3.63, 3.8) is 0 Å². The van der Waals surface area contributed by atoms with Crippen LogP contribution in [0.4, 0.5) is 0 Å². The van der Waals surface area contributed by atoms with E-state index in [-0.39, 0.29) is 5.78 Å². The fraction of sp³-hybridized carbons (Fsp3) is 0.304. The molecule has 0 amide bonds. The average molecular weight is 396 g/mol. The molecule has 0 radical (unpaired) electrons. The SMILES string of the molecule is CCC1CC(=O)c2c(n(Cc3ccccc3Cl)c3cccc(C(=O)OC)c23)C1. The van der Waals surface area contributed by atoms with E-state index >= 15 is 0 Å². The van der Waals surface area contributed by atoms with Crippen LogP contribution >= 0.6 is 11.6 Å². The molecule has 1 aliphatic carbocycles. The fourth-order valence-corrected chi connectivity index (χ4v) is 4.42. The van der Waals surface area contributed by atoms with Crippen LogP contribution in [0.3, 0.4) is 0 Å². The van der Waals surface area contributed by atoms with Crippen LogP contribution in [-0.4, -0.2) is 23.4 Å². The number of nitrogens with zero attached hydrogens (tertiary/aromatic N) is 1. The van der Waals surface area contributed by atoms with Gasteiger partial charge in [0.05, 0.1) is 18.2 Å². The molecule has 4 nitrogen and oxygen atoms in total. The highest BCUT2D eigenvalue weighted by Crippen LogP contribution is 2.38. The van der Waals surface area contributed by atoms with Gasteiger partial charge in [-0.15, -0.1) is 0 Å². The quantitative estimate of drug-likeness (QED) is 0.564. The van der Waals surface area contributed by atoms with Gasteiger partial charge in [0.15, 0.2) is 5.78 Å². The molecule has 5 heteroatoms. The first kappa shape index (κ1) is 18.8. The Morgan fingerprint density at radius 3 is 2.68 bits per heavy atom. The van der Waals surface area contributed by atoms with Gasteiger partial charge in [0, 0.05) is 34.6 Å². The third-order valence-electron chi connectivity index (χ3n) is 5.70. The van der Waals surface area contributed by atoms with Crippen LogP contribution < -0.4 is 0 Å². The summed E-state index contributed by atoms with van der Waals surface area (Å²) >= 11 is 6.41. The van der Waals surface area contributed by atoms with Gasteiger partial charge in [0.25, 0.3) is 0 Å². The molecule has 0 saturated carbocycles. The first-order valence-electron chi connectivity index (χ1n) is 9.54. The monoisotopic (exact) mass is 395 g/mol. The highest BCUT2D eigenvalue weighted by atomic mass is 35.5. The maximum atomic E-state index is 13.1. The van der Waals surface area contributed by atoms with Crippen molar-refractivity contribution in [3.8, 4) is 0 Å². The summed E-state index contributed by atoms with van der Waals surface area (Å²) in [6.45, 7) is 2.67. The summed E-state index contributed by atoms with van der Waals surface area (Å²) in [5, 5.41) is 1.40. The molecule has 1 aromatic heterocycles. The van der Waals surface area contributed by atoms with Crippen LogP contribution in [0, 0.1) is 5.92 Å². The number of hydrogen-bond acceptors (Lipinski definition) is 3. The lowest BCUT2D eigenvalue weighted by Crippen LogP contribution is -2.21. The minimum atomic E-state index is -0.422. The summed E-state index contributed by atoms with van der Waals surface area (Å²) in [5.41, 5.74) is 3.97. The number of ether oxygens (including phenoxy) is 1. The third-order valence-corrected chi connectivity index (χ3v) is 6.07. The van der Waals surface area contributed by atoms with E-state index in [9.17, 15) is 9.59 Å². The molecule has 1 aliphatic rings. The van der Waals surface area contributed by atoms with Crippen LogP contribution in [0.2, 0.25) is 5.02 Å². The molecule has 1 heterocycles. The molecule has 2 aromatic carbocycles. The molecule has 0 bridgehead atoms. The van der Waals surface area contributed by atoms with Gasteiger partial charge in [0.1, 0.15) is 0 Å². The lowest BCUT2D eigenvalue weighted by Gasteiger charge is -2.22. The number of Topliss-reactive ketones (excluding diaryl/α,β-unsaturated/α-hetero) is 1. The van der Waals surface area contributed by atoms with Crippen LogP contribution in [0.5, 0.6) is 0 Å². The lowest BCUT2D eigenvalue weighted by molar-refractivity contribution is 0.0603. The predicted octanol–water partition coefficient (Wildman–Crippen LogP) is 5.28. The molecule has 4 rings (SSSR count). The largest absolute Gasteiger partial charge is 0.465 e. The summed E-state index contributed by atoms with van der Waals surface area (Å²) in [4.78, 5) is 25.5. The van der Waals surface area contributed by atoms with Gasteiger partial charge in [-0.2, -0.15) is 0 Å². The topological polar surface area (TPSA) is 48.3 Å². The molecule has 0 saturated heterocycles. The van der Waals surface area contributed by atoms with Gasteiger partial charge >= 0.3 is 5.97 Å². The standard InChI is InChI=1S/C23H22ClNO3/c1-3-14-11-19-22(20(26)12-14)21-16(23(27)28-2)8-6-10-18(21)25(19)13-15-7-4-5-9-17(15)24/h4-10,14H,3,11-13H2,1-2H3. The summed E-state index contributed by atoms with van der Waals surface area (Å²) in [6.07, 6.45) is 2.28. The number of hydrogen-bond donors (Lipinski definition) is 0. The van der Waals surface area contributed by atoms with Gasteiger partial charge in [-0.05, 0) is 36.1 Å². The number of ketones is 1. The number of methoxy groups -OCH3 is 1. The van der Waals surface area contributed by atoms with Crippen LogP contribution in [0.25, 0.3) is 10.9 Å². The highest BCUT2D eigenvalue weighted by Gasteiger charge is 2.32. The number of aromatic nitrogens is 1. The zero-order valence-corrected chi connectivity index (χ0v) is 16.8. The second-order valence-electron chi connectivity index (χ2n) is 7.30. The van der Waals surface area contributed by atoms with Gasteiger partial charge in [-0.25, -0.2) is 4.79 Å². The van der Waals surface area contributed by atoms with E-state index in [0.29, 0.717) is 40.4 Å². The van der Waals surface area contributed by atoms with E-state index in [1.54, 1.807) is 6.07 Å². The lowest BCUT2D eigenvalue weighted by atomic mass is 9.84. The average Bonchev–Trinajstić information content (AvgIpc) is 3.03. The molecule has 0 spiro atoms. The van der Waals surface area contributed by atoms with Crippen molar-refractivity contribution in [2.24, 2.45) is 5.92 Å². The van der Waals surface area contributed by atoms with Crippen molar-refractivity contribution in [1.82, 2.24) is 4.57 Å². The summed E-state index contributed by atoms with van der Waals surface area (Å²) in [6, 6.07) is 13.3. The number of esters is 1. The van der Waals surface area contributed by atoms with Crippen molar-refractivity contribution < 1.29 is 14.3 Å². The maximum absolute atomic E-state index is 13.1. The molecule has 28 heavy (non-hydrogen) atoms. The number of rotatable bonds is 4. The number of fused-ring (bicyclic) bond motifs is 3. The summed E-state index contributed by atoms with van der Waals surface area (Å²) in [7, 11) is 1.36.